The van der Waals surface area contributed by atoms with Crippen LogP contribution in [0.3, 0.4) is 0 Å². The Morgan fingerprint density at radius 3 is 2.95 bits per heavy atom. The smallest absolute Gasteiger partial charge is 0.177 e. The highest BCUT2D eigenvalue weighted by Gasteiger charge is 2.29. The molecule has 2 aliphatic rings. The molecule has 0 amide bonds. The summed E-state index contributed by atoms with van der Waals surface area (Å²) < 4.78 is 1.73. The van der Waals surface area contributed by atoms with Crippen molar-refractivity contribution in [3.63, 3.8) is 0 Å². The van der Waals surface area contributed by atoms with Gasteiger partial charge >= 0.3 is 0 Å². The Kier molecular flexibility index (Phi) is 2.61. The maximum atomic E-state index is 4.51. The van der Waals surface area contributed by atoms with Crippen molar-refractivity contribution in [1.82, 2.24) is 25.1 Å². The van der Waals surface area contributed by atoms with Gasteiger partial charge in [-0.2, -0.15) is 4.52 Å². The second-order valence-corrected chi connectivity index (χ2v) is 5.63. The van der Waals surface area contributed by atoms with Gasteiger partial charge in [0.05, 0.1) is 0 Å². The van der Waals surface area contributed by atoms with E-state index >= 15 is 0 Å². The summed E-state index contributed by atoms with van der Waals surface area (Å²) in [7, 11) is 0. The van der Waals surface area contributed by atoms with Crippen LogP contribution in [0.25, 0.3) is 5.65 Å². The summed E-state index contributed by atoms with van der Waals surface area (Å²) in [6.45, 7) is 3.34. The van der Waals surface area contributed by atoms with Crippen LogP contribution < -0.4 is 10.2 Å². The molecule has 100 valence electrons. The number of nitrogens with zero attached hydrogens (tertiary/aromatic N) is 5. The zero-order valence-corrected chi connectivity index (χ0v) is 10.9. The third kappa shape index (κ3) is 2.06. The quantitative estimate of drug-likeness (QED) is 0.875. The highest BCUT2D eigenvalue weighted by atomic mass is 15.4. The molecule has 1 saturated carbocycles. The van der Waals surface area contributed by atoms with E-state index in [4.69, 9.17) is 0 Å². The summed E-state index contributed by atoms with van der Waals surface area (Å²) in [5.41, 5.74) is 0.799. The number of hydrogen-bond donors (Lipinski definition) is 1. The lowest BCUT2D eigenvalue weighted by molar-refractivity contribution is 0.294. The van der Waals surface area contributed by atoms with Gasteiger partial charge in [0, 0.05) is 31.6 Å². The predicted molar refractivity (Wildman–Crippen MR) is 72.1 cm³/mol. The largest absolute Gasteiger partial charge is 0.354 e. The first-order valence-corrected chi connectivity index (χ1v) is 7.04. The van der Waals surface area contributed by atoms with Crippen molar-refractivity contribution in [2.24, 2.45) is 5.92 Å². The molecule has 1 N–H and O–H groups in total. The van der Waals surface area contributed by atoms with E-state index in [1.54, 1.807) is 10.8 Å². The monoisotopic (exact) mass is 258 g/mol. The van der Waals surface area contributed by atoms with Gasteiger partial charge in [0.2, 0.25) is 0 Å². The number of rotatable bonds is 4. The van der Waals surface area contributed by atoms with Gasteiger partial charge in [0.25, 0.3) is 0 Å². The summed E-state index contributed by atoms with van der Waals surface area (Å²) in [5.74, 6) is 1.78. The van der Waals surface area contributed by atoms with Crippen LogP contribution in [0.1, 0.15) is 19.3 Å². The van der Waals surface area contributed by atoms with Crippen molar-refractivity contribution in [1.29, 1.82) is 0 Å². The molecule has 6 heteroatoms. The summed E-state index contributed by atoms with van der Waals surface area (Å²) in [4.78, 5) is 2.31. The number of nitrogens with one attached hydrogen (secondary N) is 1. The average molecular weight is 258 g/mol. The van der Waals surface area contributed by atoms with Gasteiger partial charge in [0.15, 0.2) is 5.65 Å². The second kappa shape index (κ2) is 4.45. The van der Waals surface area contributed by atoms with Crippen LogP contribution in [0.15, 0.2) is 18.5 Å². The molecule has 3 heterocycles. The molecule has 1 aliphatic carbocycles. The van der Waals surface area contributed by atoms with Crippen molar-refractivity contribution < 1.29 is 0 Å². The Balaban J connectivity index is 1.34. The number of anilines is 1. The van der Waals surface area contributed by atoms with Crippen molar-refractivity contribution >= 4 is 11.5 Å². The second-order valence-electron chi connectivity index (χ2n) is 5.63. The van der Waals surface area contributed by atoms with Gasteiger partial charge in [-0.15, -0.1) is 15.3 Å². The Morgan fingerprint density at radius 1 is 1.26 bits per heavy atom. The van der Waals surface area contributed by atoms with Crippen LogP contribution in [0.2, 0.25) is 0 Å². The minimum Gasteiger partial charge on any atom is -0.354 e. The molecule has 4 rings (SSSR count). The molecule has 0 radical (unpaired) electrons. The topological polar surface area (TPSA) is 58.4 Å². The fourth-order valence-electron chi connectivity index (χ4n) is 2.72. The van der Waals surface area contributed by atoms with Crippen LogP contribution in [0, 0.1) is 5.92 Å². The fourth-order valence-corrected chi connectivity index (χ4v) is 2.72. The molecule has 6 nitrogen and oxygen atoms in total. The van der Waals surface area contributed by atoms with Gasteiger partial charge in [-0.05, 0) is 25.0 Å². The lowest BCUT2D eigenvalue weighted by Crippen LogP contribution is -2.53. The van der Waals surface area contributed by atoms with Gasteiger partial charge in [-0.3, -0.25) is 0 Å². The van der Waals surface area contributed by atoms with E-state index in [0.717, 1.165) is 43.1 Å². The molecule has 2 aromatic heterocycles. The third-order valence-corrected chi connectivity index (χ3v) is 4.23. The first-order chi connectivity index (χ1) is 9.38. The Labute approximate surface area is 111 Å². The highest BCUT2D eigenvalue weighted by molar-refractivity contribution is 5.46. The lowest BCUT2D eigenvalue weighted by Gasteiger charge is -2.41. The average Bonchev–Trinajstić information content (AvgIpc) is 2.76. The van der Waals surface area contributed by atoms with Crippen molar-refractivity contribution in [3.05, 3.63) is 18.5 Å². The summed E-state index contributed by atoms with van der Waals surface area (Å²) in [6.07, 6.45) is 5.77. The van der Waals surface area contributed by atoms with E-state index in [9.17, 15) is 0 Å². The van der Waals surface area contributed by atoms with E-state index in [-0.39, 0.29) is 0 Å². The van der Waals surface area contributed by atoms with Crippen LogP contribution >= 0.6 is 0 Å². The molecule has 2 aromatic rings. The maximum absolute atomic E-state index is 4.51. The van der Waals surface area contributed by atoms with E-state index < -0.39 is 0 Å². The molecule has 1 saturated heterocycles. The lowest BCUT2D eigenvalue weighted by atomic mass is 9.91. The molecule has 0 aromatic carbocycles. The summed E-state index contributed by atoms with van der Waals surface area (Å²) in [6, 6.07) is 4.79. The number of aromatic nitrogens is 4. The van der Waals surface area contributed by atoms with Crippen LogP contribution in [0.5, 0.6) is 0 Å². The standard InChI is InChI=1S/C13H18N6/c1-2-11(3-1)14-6-10-7-18(8-10)13-5-4-12-16-15-9-19(12)17-13/h4-5,9-11,14H,1-3,6-8H2. The number of fused-ring (bicyclic) bond motifs is 1. The van der Waals surface area contributed by atoms with Crippen LogP contribution in [0.4, 0.5) is 5.82 Å². The van der Waals surface area contributed by atoms with E-state index in [2.05, 4.69) is 25.5 Å². The fraction of sp³-hybridized carbons (Fsp3) is 0.615. The third-order valence-electron chi connectivity index (χ3n) is 4.23. The van der Waals surface area contributed by atoms with E-state index in [0.29, 0.717) is 0 Å². The first-order valence-electron chi connectivity index (χ1n) is 7.04. The van der Waals surface area contributed by atoms with Crippen LogP contribution in [-0.2, 0) is 0 Å². The maximum Gasteiger partial charge on any atom is 0.177 e. The van der Waals surface area contributed by atoms with Crippen molar-refractivity contribution in [3.8, 4) is 0 Å². The summed E-state index contributed by atoms with van der Waals surface area (Å²) >= 11 is 0. The molecule has 19 heavy (non-hydrogen) atoms. The molecular weight excluding hydrogens is 240 g/mol. The SMILES string of the molecule is c1cc2nncn2nc1N1CC(CNC2CCC2)C1. The van der Waals surface area contributed by atoms with E-state index in [1.165, 1.54) is 19.3 Å². The van der Waals surface area contributed by atoms with Gasteiger partial charge < -0.3 is 10.2 Å². The van der Waals surface area contributed by atoms with Gasteiger partial charge in [-0.1, -0.05) is 6.42 Å². The molecule has 0 atom stereocenters. The Hall–Kier alpha value is -1.69. The number of hydrogen-bond acceptors (Lipinski definition) is 5. The minimum atomic E-state index is 0.763. The molecule has 0 unspecified atom stereocenters. The Morgan fingerprint density at radius 2 is 2.16 bits per heavy atom. The van der Waals surface area contributed by atoms with Crippen molar-refractivity contribution in [2.45, 2.75) is 25.3 Å². The normalized spacial score (nSPS) is 20.5. The minimum absolute atomic E-state index is 0.763. The van der Waals surface area contributed by atoms with Gasteiger partial charge in [0.1, 0.15) is 12.1 Å². The van der Waals surface area contributed by atoms with Crippen LogP contribution in [-0.4, -0.2) is 45.5 Å². The predicted octanol–water partition coefficient (Wildman–Crippen LogP) is 0.703. The Bertz CT molecular complexity index is 569. The molecular formula is C13H18N6. The molecule has 1 aliphatic heterocycles. The molecule has 0 bridgehead atoms. The molecule has 2 fully saturated rings. The molecule has 0 spiro atoms. The zero-order valence-electron chi connectivity index (χ0n) is 10.9. The van der Waals surface area contributed by atoms with Crippen molar-refractivity contribution in [2.75, 3.05) is 24.5 Å². The zero-order chi connectivity index (χ0) is 12.7. The summed E-state index contributed by atoms with van der Waals surface area (Å²) in [5, 5.41) is 16.0. The van der Waals surface area contributed by atoms with Gasteiger partial charge in [-0.25, -0.2) is 0 Å². The van der Waals surface area contributed by atoms with E-state index in [1.807, 2.05) is 12.1 Å². The first kappa shape index (κ1) is 11.2. The highest BCUT2D eigenvalue weighted by Crippen LogP contribution is 2.23.